The summed E-state index contributed by atoms with van der Waals surface area (Å²) in [6.07, 6.45) is -0.159. The quantitative estimate of drug-likeness (QED) is 0.484. The first kappa shape index (κ1) is 23.6. The lowest BCUT2D eigenvalue weighted by Crippen LogP contribution is -2.30. The van der Waals surface area contributed by atoms with Gasteiger partial charge in [-0.1, -0.05) is 37.3 Å². The molecule has 32 heavy (non-hydrogen) atoms. The van der Waals surface area contributed by atoms with Crippen molar-refractivity contribution in [1.82, 2.24) is 9.71 Å². The van der Waals surface area contributed by atoms with E-state index in [1.54, 1.807) is 0 Å². The van der Waals surface area contributed by atoms with Crippen LogP contribution in [-0.4, -0.2) is 38.4 Å². The molecule has 0 radical (unpaired) electrons. The summed E-state index contributed by atoms with van der Waals surface area (Å²) >= 11 is 1.27. The second-order valence-corrected chi connectivity index (χ2v) is 9.61. The molecule has 0 aliphatic heterocycles. The fourth-order valence-corrected chi connectivity index (χ4v) is 4.27. The van der Waals surface area contributed by atoms with Crippen LogP contribution in [0.2, 0.25) is 0 Å². The maximum Gasteiger partial charge on any atom is 0.338 e. The van der Waals surface area contributed by atoms with Crippen LogP contribution < -0.4 is 10.0 Å². The molecule has 10 heteroatoms. The lowest BCUT2D eigenvalue weighted by molar-refractivity contribution is -0.123. The van der Waals surface area contributed by atoms with Crippen LogP contribution in [0, 0.1) is 0 Å². The summed E-state index contributed by atoms with van der Waals surface area (Å²) in [7, 11) is -2.43. The Labute approximate surface area is 190 Å². The van der Waals surface area contributed by atoms with Gasteiger partial charge in [-0.25, -0.2) is 22.9 Å². The monoisotopic (exact) mass is 473 g/mol. The standard InChI is InChI=1S/C22H23N3O5S2/c1-4-15-8-10-16(11-9-15)19-13-31-22(24-19)25-20(26)14(2)30-21(27)17-6-5-7-18(12-17)32(28,29)23-3/h5-14,23H,4H2,1-3H3,(H,24,25,26). The van der Waals surface area contributed by atoms with Gasteiger partial charge in [-0.15, -0.1) is 11.3 Å². The largest absolute Gasteiger partial charge is 0.449 e. The fraction of sp³-hybridized carbons (Fsp3) is 0.227. The van der Waals surface area contributed by atoms with E-state index in [9.17, 15) is 18.0 Å². The summed E-state index contributed by atoms with van der Waals surface area (Å²) in [5.74, 6) is -1.35. The first-order chi connectivity index (χ1) is 15.2. The van der Waals surface area contributed by atoms with Crippen molar-refractivity contribution in [3.05, 3.63) is 65.0 Å². The molecule has 1 amide bonds. The van der Waals surface area contributed by atoms with Crippen molar-refractivity contribution in [2.24, 2.45) is 0 Å². The van der Waals surface area contributed by atoms with Gasteiger partial charge in [-0.05, 0) is 44.2 Å². The Kier molecular flexibility index (Phi) is 7.39. The van der Waals surface area contributed by atoms with Gasteiger partial charge in [0.25, 0.3) is 5.91 Å². The third kappa shape index (κ3) is 5.58. The van der Waals surface area contributed by atoms with E-state index < -0.39 is 28.0 Å². The van der Waals surface area contributed by atoms with Crippen molar-refractivity contribution in [3.63, 3.8) is 0 Å². The maximum atomic E-state index is 12.5. The number of hydrogen-bond acceptors (Lipinski definition) is 7. The third-order valence-corrected chi connectivity index (χ3v) is 6.86. The number of aryl methyl sites for hydroxylation is 1. The zero-order chi connectivity index (χ0) is 23.3. The molecule has 3 rings (SSSR count). The summed E-state index contributed by atoms with van der Waals surface area (Å²) in [5, 5.41) is 4.86. The van der Waals surface area contributed by atoms with Crippen LogP contribution in [0.5, 0.6) is 0 Å². The Morgan fingerprint density at radius 1 is 1.16 bits per heavy atom. The smallest absolute Gasteiger partial charge is 0.338 e. The predicted molar refractivity (Wildman–Crippen MR) is 123 cm³/mol. The highest BCUT2D eigenvalue weighted by molar-refractivity contribution is 7.89. The Hall–Kier alpha value is -3.08. The zero-order valence-corrected chi connectivity index (χ0v) is 19.4. The van der Waals surface area contributed by atoms with Gasteiger partial charge >= 0.3 is 5.97 Å². The number of thiazole rings is 1. The molecule has 8 nitrogen and oxygen atoms in total. The van der Waals surface area contributed by atoms with Crippen LogP contribution in [0.4, 0.5) is 5.13 Å². The molecule has 3 aromatic rings. The van der Waals surface area contributed by atoms with Crippen LogP contribution in [0.15, 0.2) is 58.8 Å². The van der Waals surface area contributed by atoms with Gasteiger partial charge in [0.1, 0.15) is 0 Å². The van der Waals surface area contributed by atoms with E-state index in [0.29, 0.717) is 5.13 Å². The summed E-state index contributed by atoms with van der Waals surface area (Å²) in [5.41, 5.74) is 2.92. The fourth-order valence-electron chi connectivity index (χ4n) is 2.77. The number of sulfonamides is 1. The summed E-state index contributed by atoms with van der Waals surface area (Å²) in [6, 6.07) is 13.4. The number of rotatable bonds is 8. The van der Waals surface area contributed by atoms with Gasteiger partial charge < -0.3 is 4.74 Å². The van der Waals surface area contributed by atoms with Gasteiger partial charge in [0, 0.05) is 10.9 Å². The maximum absolute atomic E-state index is 12.5. The van der Waals surface area contributed by atoms with E-state index in [4.69, 9.17) is 4.74 Å². The summed E-state index contributed by atoms with van der Waals surface area (Å²) in [4.78, 5) is 29.2. The summed E-state index contributed by atoms with van der Waals surface area (Å²) in [6.45, 7) is 3.51. The molecular weight excluding hydrogens is 450 g/mol. The van der Waals surface area contributed by atoms with Crippen molar-refractivity contribution < 1.29 is 22.7 Å². The number of esters is 1. The van der Waals surface area contributed by atoms with E-state index in [1.165, 1.54) is 55.1 Å². The number of carbonyl (C=O) groups excluding carboxylic acids is 2. The number of carbonyl (C=O) groups is 2. The number of nitrogens with one attached hydrogen (secondary N) is 2. The average Bonchev–Trinajstić information content (AvgIpc) is 3.27. The molecule has 0 spiro atoms. The first-order valence-electron chi connectivity index (χ1n) is 9.83. The van der Waals surface area contributed by atoms with Gasteiger partial charge in [0.05, 0.1) is 16.2 Å². The van der Waals surface area contributed by atoms with E-state index in [1.807, 2.05) is 29.6 Å². The molecule has 0 fully saturated rings. The molecule has 2 aromatic carbocycles. The van der Waals surface area contributed by atoms with Crippen molar-refractivity contribution in [1.29, 1.82) is 0 Å². The topological polar surface area (TPSA) is 114 Å². The highest BCUT2D eigenvalue weighted by Crippen LogP contribution is 2.25. The molecule has 1 aromatic heterocycles. The second kappa shape index (κ2) is 10.0. The first-order valence-corrected chi connectivity index (χ1v) is 12.2. The molecule has 1 heterocycles. The highest BCUT2D eigenvalue weighted by atomic mass is 32.2. The van der Waals surface area contributed by atoms with Crippen molar-refractivity contribution in [2.75, 3.05) is 12.4 Å². The van der Waals surface area contributed by atoms with E-state index >= 15 is 0 Å². The molecule has 0 aliphatic carbocycles. The molecule has 0 bridgehead atoms. The number of nitrogens with zero attached hydrogens (tertiary/aromatic N) is 1. The third-order valence-electron chi connectivity index (χ3n) is 4.69. The van der Waals surface area contributed by atoms with Crippen LogP contribution >= 0.6 is 11.3 Å². The van der Waals surface area contributed by atoms with E-state index in [0.717, 1.165) is 17.7 Å². The number of ether oxygens (including phenoxy) is 1. The van der Waals surface area contributed by atoms with Gasteiger partial charge in [-0.2, -0.15) is 0 Å². The predicted octanol–water partition coefficient (Wildman–Crippen LogP) is 3.46. The van der Waals surface area contributed by atoms with Gasteiger partial charge in [-0.3, -0.25) is 10.1 Å². The second-order valence-electron chi connectivity index (χ2n) is 6.86. The van der Waals surface area contributed by atoms with Crippen LogP contribution in [0.1, 0.15) is 29.8 Å². The Bertz CT molecular complexity index is 1220. The van der Waals surface area contributed by atoms with Gasteiger partial charge in [0.2, 0.25) is 10.0 Å². The van der Waals surface area contributed by atoms with Crippen LogP contribution in [-0.2, 0) is 26.0 Å². The van der Waals surface area contributed by atoms with Crippen LogP contribution in [0.3, 0.4) is 0 Å². The lowest BCUT2D eigenvalue weighted by atomic mass is 10.1. The minimum Gasteiger partial charge on any atom is -0.449 e. The Morgan fingerprint density at radius 2 is 1.88 bits per heavy atom. The molecule has 1 atom stereocenters. The van der Waals surface area contributed by atoms with Crippen molar-refractivity contribution in [2.45, 2.75) is 31.3 Å². The molecular formula is C22H23N3O5S2. The number of anilines is 1. The zero-order valence-electron chi connectivity index (χ0n) is 17.8. The summed E-state index contributed by atoms with van der Waals surface area (Å²) < 4.78 is 31.2. The van der Waals surface area contributed by atoms with E-state index in [-0.39, 0.29) is 10.5 Å². The molecule has 2 N–H and O–H groups in total. The SMILES string of the molecule is CCc1ccc(-c2csc(NC(=O)C(C)OC(=O)c3cccc(S(=O)(=O)NC)c3)n2)cc1. The van der Waals surface area contributed by atoms with Crippen LogP contribution in [0.25, 0.3) is 11.3 Å². The molecule has 0 aliphatic rings. The number of aromatic nitrogens is 1. The lowest BCUT2D eigenvalue weighted by Gasteiger charge is -2.13. The average molecular weight is 474 g/mol. The molecule has 168 valence electrons. The van der Waals surface area contributed by atoms with Crippen molar-refractivity contribution >= 4 is 38.4 Å². The Balaban J connectivity index is 1.63. The highest BCUT2D eigenvalue weighted by Gasteiger charge is 2.21. The van der Waals surface area contributed by atoms with Gasteiger partial charge in [0.15, 0.2) is 11.2 Å². The normalized spacial score (nSPS) is 12.2. The molecule has 0 saturated carbocycles. The number of amides is 1. The Morgan fingerprint density at radius 3 is 2.53 bits per heavy atom. The minimum atomic E-state index is -3.71. The molecule has 0 saturated heterocycles. The minimum absolute atomic E-state index is 0.0213. The number of hydrogen-bond donors (Lipinski definition) is 2. The molecule has 1 unspecified atom stereocenters. The van der Waals surface area contributed by atoms with E-state index in [2.05, 4.69) is 21.9 Å². The number of benzene rings is 2. The van der Waals surface area contributed by atoms with Crippen molar-refractivity contribution in [3.8, 4) is 11.3 Å².